The standard InChI is InChI=1S/C22H25N5O2S/c1-15-3-5-17(6-4-15)19-16(2)30-22-20(19)21(24-13-25-22)23-8-7-18(29)27-11-9-26(14-28)10-12-27/h3-6,13-14H,7-12H2,1-2H3,(H,23,24,25). The molecule has 3 heterocycles. The molecule has 0 radical (unpaired) electrons. The molecule has 1 saturated heterocycles. The molecule has 0 spiro atoms. The fourth-order valence-electron chi connectivity index (χ4n) is 3.77. The summed E-state index contributed by atoms with van der Waals surface area (Å²) in [5, 5.41) is 4.36. The molecule has 2 aromatic heterocycles. The first-order valence-electron chi connectivity index (χ1n) is 10.1. The highest BCUT2D eigenvalue weighted by molar-refractivity contribution is 7.19. The fourth-order valence-corrected chi connectivity index (χ4v) is 4.78. The second-order valence-electron chi connectivity index (χ2n) is 7.50. The van der Waals surface area contributed by atoms with Crippen LogP contribution in [0.5, 0.6) is 0 Å². The Bertz CT molecular complexity index is 1060. The molecule has 1 N–H and O–H groups in total. The zero-order valence-corrected chi connectivity index (χ0v) is 18.0. The average Bonchev–Trinajstić information content (AvgIpc) is 3.11. The number of thiophene rings is 1. The molecule has 156 valence electrons. The van der Waals surface area contributed by atoms with Gasteiger partial charge in [-0.15, -0.1) is 11.3 Å². The van der Waals surface area contributed by atoms with Crippen molar-refractivity contribution >= 4 is 39.7 Å². The number of amides is 2. The van der Waals surface area contributed by atoms with E-state index in [4.69, 9.17) is 0 Å². The van der Waals surface area contributed by atoms with Gasteiger partial charge in [-0.2, -0.15) is 0 Å². The Morgan fingerprint density at radius 1 is 1.13 bits per heavy atom. The monoisotopic (exact) mass is 423 g/mol. The fraction of sp³-hybridized carbons (Fsp3) is 0.364. The molecule has 1 aliphatic rings. The minimum Gasteiger partial charge on any atom is -0.369 e. The number of rotatable bonds is 6. The van der Waals surface area contributed by atoms with Gasteiger partial charge < -0.3 is 15.1 Å². The molecule has 1 aromatic carbocycles. The van der Waals surface area contributed by atoms with Crippen molar-refractivity contribution in [2.45, 2.75) is 20.3 Å². The van der Waals surface area contributed by atoms with Gasteiger partial charge in [0.15, 0.2) is 0 Å². The Kier molecular flexibility index (Phi) is 5.94. The van der Waals surface area contributed by atoms with Crippen LogP contribution in [-0.2, 0) is 9.59 Å². The van der Waals surface area contributed by atoms with E-state index in [0.29, 0.717) is 39.1 Å². The Hall–Kier alpha value is -3.00. The van der Waals surface area contributed by atoms with E-state index >= 15 is 0 Å². The molecular formula is C22H25N5O2S. The van der Waals surface area contributed by atoms with Gasteiger partial charge in [0.25, 0.3) is 0 Å². The summed E-state index contributed by atoms with van der Waals surface area (Å²) in [5.74, 6) is 0.858. The molecule has 3 aromatic rings. The van der Waals surface area contributed by atoms with Crippen molar-refractivity contribution in [2.75, 3.05) is 38.0 Å². The number of hydrogen-bond acceptors (Lipinski definition) is 6. The molecule has 1 aliphatic heterocycles. The highest BCUT2D eigenvalue weighted by Crippen LogP contribution is 2.40. The number of benzene rings is 1. The van der Waals surface area contributed by atoms with E-state index < -0.39 is 0 Å². The van der Waals surface area contributed by atoms with E-state index in [1.807, 2.05) is 4.90 Å². The predicted octanol–water partition coefficient (Wildman–Crippen LogP) is 3.08. The summed E-state index contributed by atoms with van der Waals surface area (Å²) in [6, 6.07) is 8.47. The minimum atomic E-state index is 0.0959. The van der Waals surface area contributed by atoms with Crippen LogP contribution in [0.2, 0.25) is 0 Å². The highest BCUT2D eigenvalue weighted by atomic mass is 32.1. The summed E-state index contributed by atoms with van der Waals surface area (Å²) < 4.78 is 0. The molecule has 0 bridgehead atoms. The third-order valence-electron chi connectivity index (χ3n) is 5.45. The predicted molar refractivity (Wildman–Crippen MR) is 120 cm³/mol. The molecule has 0 saturated carbocycles. The lowest BCUT2D eigenvalue weighted by Gasteiger charge is -2.32. The molecule has 0 unspecified atom stereocenters. The summed E-state index contributed by atoms with van der Waals surface area (Å²) in [6.45, 7) is 7.07. The normalized spacial score (nSPS) is 14.2. The summed E-state index contributed by atoms with van der Waals surface area (Å²) in [5.41, 5.74) is 3.51. The summed E-state index contributed by atoms with van der Waals surface area (Å²) in [6.07, 6.45) is 2.80. The Labute approximate surface area is 179 Å². The maximum Gasteiger partial charge on any atom is 0.224 e. The highest BCUT2D eigenvalue weighted by Gasteiger charge is 2.20. The van der Waals surface area contributed by atoms with Crippen LogP contribution in [-0.4, -0.2) is 64.8 Å². The molecule has 0 atom stereocenters. The minimum absolute atomic E-state index is 0.0959. The van der Waals surface area contributed by atoms with Crippen molar-refractivity contribution in [3.8, 4) is 11.1 Å². The quantitative estimate of drug-likeness (QED) is 0.617. The molecule has 30 heavy (non-hydrogen) atoms. The van der Waals surface area contributed by atoms with Crippen LogP contribution in [0.4, 0.5) is 5.82 Å². The molecule has 4 rings (SSSR count). The number of carbonyl (C=O) groups excluding carboxylic acids is 2. The number of aromatic nitrogens is 2. The second kappa shape index (κ2) is 8.79. The Morgan fingerprint density at radius 3 is 2.57 bits per heavy atom. The van der Waals surface area contributed by atoms with Crippen LogP contribution in [0.15, 0.2) is 30.6 Å². The first-order valence-corrected chi connectivity index (χ1v) is 10.9. The summed E-state index contributed by atoms with van der Waals surface area (Å²) in [7, 11) is 0. The first-order chi connectivity index (χ1) is 14.6. The number of hydrogen-bond donors (Lipinski definition) is 1. The number of nitrogens with one attached hydrogen (secondary N) is 1. The number of nitrogens with zero attached hydrogens (tertiary/aromatic N) is 4. The zero-order valence-electron chi connectivity index (χ0n) is 17.2. The number of anilines is 1. The number of carbonyl (C=O) groups is 2. The van der Waals surface area contributed by atoms with Crippen LogP contribution >= 0.6 is 11.3 Å². The van der Waals surface area contributed by atoms with Crippen molar-refractivity contribution in [3.63, 3.8) is 0 Å². The third kappa shape index (κ3) is 4.14. The smallest absolute Gasteiger partial charge is 0.224 e. The van der Waals surface area contributed by atoms with Crippen molar-refractivity contribution in [2.24, 2.45) is 0 Å². The van der Waals surface area contributed by atoms with E-state index in [1.165, 1.54) is 10.4 Å². The van der Waals surface area contributed by atoms with Gasteiger partial charge in [0, 0.05) is 49.6 Å². The number of piperazine rings is 1. The number of aryl methyl sites for hydroxylation is 2. The van der Waals surface area contributed by atoms with Gasteiger partial charge in [0.1, 0.15) is 17.0 Å². The van der Waals surface area contributed by atoms with Gasteiger partial charge >= 0.3 is 0 Å². The van der Waals surface area contributed by atoms with Crippen LogP contribution in [0, 0.1) is 13.8 Å². The number of fused-ring (bicyclic) bond motifs is 1. The van der Waals surface area contributed by atoms with Crippen LogP contribution in [0.3, 0.4) is 0 Å². The van der Waals surface area contributed by atoms with E-state index in [9.17, 15) is 9.59 Å². The van der Waals surface area contributed by atoms with Gasteiger partial charge in [-0.1, -0.05) is 29.8 Å². The van der Waals surface area contributed by atoms with Gasteiger partial charge in [-0.3, -0.25) is 9.59 Å². The van der Waals surface area contributed by atoms with Crippen molar-refractivity contribution in [3.05, 3.63) is 41.0 Å². The van der Waals surface area contributed by atoms with E-state index in [-0.39, 0.29) is 5.91 Å². The lowest BCUT2D eigenvalue weighted by Crippen LogP contribution is -2.48. The molecule has 1 fully saturated rings. The summed E-state index contributed by atoms with van der Waals surface area (Å²) >= 11 is 1.66. The van der Waals surface area contributed by atoms with Gasteiger partial charge in [-0.25, -0.2) is 9.97 Å². The Morgan fingerprint density at radius 2 is 1.87 bits per heavy atom. The second-order valence-corrected chi connectivity index (χ2v) is 8.70. The van der Waals surface area contributed by atoms with Crippen molar-refractivity contribution in [1.82, 2.24) is 19.8 Å². The molecular weight excluding hydrogens is 398 g/mol. The van der Waals surface area contributed by atoms with Gasteiger partial charge in [0.05, 0.1) is 5.39 Å². The molecule has 2 amide bonds. The maximum atomic E-state index is 12.5. The third-order valence-corrected chi connectivity index (χ3v) is 6.47. The molecule has 8 heteroatoms. The largest absolute Gasteiger partial charge is 0.369 e. The van der Waals surface area contributed by atoms with E-state index in [1.54, 1.807) is 22.6 Å². The maximum absolute atomic E-state index is 12.5. The molecule has 0 aliphatic carbocycles. The van der Waals surface area contributed by atoms with Gasteiger partial charge in [-0.05, 0) is 19.4 Å². The lowest BCUT2D eigenvalue weighted by molar-refractivity contribution is -0.134. The summed E-state index contributed by atoms with van der Waals surface area (Å²) in [4.78, 5) is 37.9. The Balaban J connectivity index is 1.49. The SMILES string of the molecule is Cc1ccc(-c2c(C)sc3ncnc(NCCC(=O)N4CCN(C=O)CC4)c23)cc1. The topological polar surface area (TPSA) is 78.4 Å². The van der Waals surface area contributed by atoms with Crippen LogP contribution in [0.25, 0.3) is 21.3 Å². The van der Waals surface area contributed by atoms with Crippen LogP contribution < -0.4 is 5.32 Å². The van der Waals surface area contributed by atoms with E-state index in [2.05, 4.69) is 53.4 Å². The lowest BCUT2D eigenvalue weighted by atomic mass is 10.0. The van der Waals surface area contributed by atoms with Crippen molar-refractivity contribution < 1.29 is 9.59 Å². The van der Waals surface area contributed by atoms with Crippen molar-refractivity contribution in [1.29, 1.82) is 0 Å². The zero-order chi connectivity index (χ0) is 21.1. The van der Waals surface area contributed by atoms with E-state index in [0.717, 1.165) is 33.6 Å². The van der Waals surface area contributed by atoms with Gasteiger partial charge in [0.2, 0.25) is 12.3 Å². The molecule has 7 nitrogen and oxygen atoms in total. The average molecular weight is 424 g/mol. The van der Waals surface area contributed by atoms with Crippen LogP contribution in [0.1, 0.15) is 16.9 Å². The first kappa shape index (κ1) is 20.3.